The molecule has 12 heavy (non-hydrogen) atoms. The van der Waals surface area contributed by atoms with Gasteiger partial charge in [-0.1, -0.05) is 0 Å². The first-order valence-corrected chi connectivity index (χ1v) is 3.93. The zero-order chi connectivity index (χ0) is 8.97. The summed E-state index contributed by atoms with van der Waals surface area (Å²) in [7, 11) is 0. The van der Waals surface area contributed by atoms with E-state index in [1.807, 2.05) is 0 Å². The minimum Gasteiger partial charge on any atom is -0.365 e. The molecule has 0 aliphatic carbocycles. The van der Waals surface area contributed by atoms with Gasteiger partial charge >= 0.3 is 0 Å². The molecule has 1 aromatic rings. The molecule has 0 atom stereocenters. The van der Waals surface area contributed by atoms with Crippen molar-refractivity contribution in [3.63, 3.8) is 0 Å². The van der Waals surface area contributed by atoms with Crippen molar-refractivity contribution in [2.24, 2.45) is 10.7 Å². The number of nitrogens with two attached hydrogens (primary N) is 1. The van der Waals surface area contributed by atoms with Gasteiger partial charge in [0.15, 0.2) is 0 Å². The third kappa shape index (κ3) is 1.80. The van der Waals surface area contributed by atoms with Crippen LogP contribution in [-0.4, -0.2) is 17.5 Å². The number of thiophene rings is 1. The van der Waals surface area contributed by atoms with Crippen molar-refractivity contribution < 1.29 is 10.0 Å². The summed E-state index contributed by atoms with van der Waals surface area (Å²) in [6, 6.07) is 1.64. The van der Waals surface area contributed by atoms with Crippen LogP contribution in [0.4, 0.5) is 5.69 Å². The van der Waals surface area contributed by atoms with Gasteiger partial charge in [-0.25, -0.2) is 4.99 Å². The number of hydrogen-bond acceptors (Lipinski definition) is 4. The Morgan fingerprint density at radius 2 is 2.58 bits per heavy atom. The lowest BCUT2D eigenvalue weighted by molar-refractivity contribution is 0.100. The van der Waals surface area contributed by atoms with Crippen molar-refractivity contribution in [1.29, 1.82) is 0 Å². The van der Waals surface area contributed by atoms with Gasteiger partial charge in [-0.05, 0) is 11.4 Å². The molecular weight excluding hydrogens is 178 g/mol. The second kappa shape index (κ2) is 3.84. The summed E-state index contributed by atoms with van der Waals surface area (Å²) in [5.74, 6) is -0.518. The number of carbonyl (C=O) groups is 1. The standard InChI is InChI=1S/C6H7N3O2S/c7-6(10)5-4(1-2-12-5)8-3-9-11/h1-3,11H,(H2,7,10)(H,8,9). The zero-order valence-electron chi connectivity index (χ0n) is 6.02. The number of nitrogens with one attached hydrogen (secondary N) is 1. The summed E-state index contributed by atoms with van der Waals surface area (Å²) in [6.07, 6.45) is 1.06. The van der Waals surface area contributed by atoms with E-state index in [0.29, 0.717) is 10.6 Å². The fraction of sp³-hybridized carbons (Fsp3) is 0. The van der Waals surface area contributed by atoms with E-state index in [-0.39, 0.29) is 0 Å². The molecule has 1 aromatic heterocycles. The van der Waals surface area contributed by atoms with Crippen LogP contribution in [0.2, 0.25) is 0 Å². The van der Waals surface area contributed by atoms with Gasteiger partial charge < -0.3 is 5.73 Å². The number of rotatable bonds is 3. The van der Waals surface area contributed by atoms with Gasteiger partial charge in [0.25, 0.3) is 5.91 Å². The molecule has 0 saturated heterocycles. The van der Waals surface area contributed by atoms with E-state index in [1.54, 1.807) is 16.9 Å². The molecule has 1 amide bonds. The minimum atomic E-state index is -0.518. The molecule has 0 aliphatic heterocycles. The molecular formula is C6H7N3O2S. The Kier molecular flexibility index (Phi) is 2.78. The monoisotopic (exact) mass is 185 g/mol. The summed E-state index contributed by atoms with van der Waals surface area (Å²) >= 11 is 1.21. The van der Waals surface area contributed by atoms with Gasteiger partial charge in [0.05, 0.1) is 5.69 Å². The SMILES string of the molecule is NC(=O)c1sccc1N=CNO. The summed E-state index contributed by atoms with van der Waals surface area (Å²) < 4.78 is 0. The number of amides is 1. The first-order chi connectivity index (χ1) is 5.75. The highest BCUT2D eigenvalue weighted by Crippen LogP contribution is 2.23. The molecule has 0 aliphatic rings. The molecule has 0 bridgehead atoms. The summed E-state index contributed by atoms with van der Waals surface area (Å²) in [5.41, 5.74) is 7.23. The number of aliphatic imine (C=N–C) groups is 1. The highest BCUT2D eigenvalue weighted by Gasteiger charge is 2.07. The topological polar surface area (TPSA) is 87.7 Å². The van der Waals surface area contributed by atoms with Gasteiger partial charge in [-0.2, -0.15) is 0 Å². The third-order valence-electron chi connectivity index (χ3n) is 1.13. The van der Waals surface area contributed by atoms with Crippen LogP contribution in [0, 0.1) is 0 Å². The van der Waals surface area contributed by atoms with Crippen molar-refractivity contribution in [1.82, 2.24) is 5.48 Å². The first kappa shape index (κ1) is 8.69. The lowest BCUT2D eigenvalue weighted by Gasteiger charge is -1.91. The Bertz CT molecular complexity index is 307. The van der Waals surface area contributed by atoms with Gasteiger partial charge in [0.1, 0.15) is 11.2 Å². The van der Waals surface area contributed by atoms with Crippen LogP contribution in [0.25, 0.3) is 0 Å². The number of hydroxylamine groups is 1. The Balaban J connectivity index is 2.91. The van der Waals surface area contributed by atoms with Crippen molar-refractivity contribution in [3.8, 4) is 0 Å². The zero-order valence-corrected chi connectivity index (χ0v) is 6.84. The average molecular weight is 185 g/mol. The van der Waals surface area contributed by atoms with Crippen LogP contribution in [0.15, 0.2) is 16.4 Å². The van der Waals surface area contributed by atoms with Crippen LogP contribution in [0.1, 0.15) is 9.67 Å². The van der Waals surface area contributed by atoms with Crippen LogP contribution >= 0.6 is 11.3 Å². The Morgan fingerprint density at radius 3 is 3.17 bits per heavy atom. The predicted octanol–water partition coefficient (Wildman–Crippen LogP) is 0.486. The molecule has 64 valence electrons. The van der Waals surface area contributed by atoms with Gasteiger partial charge in [0, 0.05) is 0 Å². The molecule has 0 fully saturated rings. The fourth-order valence-corrected chi connectivity index (χ4v) is 1.38. The summed E-state index contributed by atoms with van der Waals surface area (Å²) in [4.78, 5) is 14.8. The lowest BCUT2D eigenvalue weighted by Crippen LogP contribution is -2.09. The minimum absolute atomic E-state index is 0.376. The Labute approximate surface area is 72.5 Å². The average Bonchev–Trinajstić information content (AvgIpc) is 2.48. The molecule has 5 nitrogen and oxygen atoms in total. The molecule has 6 heteroatoms. The molecule has 0 aromatic carbocycles. The van der Waals surface area contributed by atoms with E-state index < -0.39 is 5.91 Å². The maximum Gasteiger partial charge on any atom is 0.260 e. The highest BCUT2D eigenvalue weighted by atomic mass is 32.1. The predicted molar refractivity (Wildman–Crippen MR) is 45.9 cm³/mol. The second-order valence-corrected chi connectivity index (χ2v) is 2.80. The van der Waals surface area contributed by atoms with Crippen LogP contribution < -0.4 is 11.2 Å². The molecule has 0 saturated carbocycles. The largest absolute Gasteiger partial charge is 0.365 e. The van der Waals surface area contributed by atoms with Crippen LogP contribution in [-0.2, 0) is 0 Å². The van der Waals surface area contributed by atoms with E-state index in [1.165, 1.54) is 11.3 Å². The van der Waals surface area contributed by atoms with Crippen LogP contribution in [0.3, 0.4) is 0 Å². The Hall–Kier alpha value is -1.40. The van der Waals surface area contributed by atoms with Crippen molar-refractivity contribution in [2.75, 3.05) is 0 Å². The summed E-state index contributed by atoms with van der Waals surface area (Å²) in [5, 5.41) is 9.88. The molecule has 0 unspecified atom stereocenters. The van der Waals surface area contributed by atoms with Crippen molar-refractivity contribution >= 4 is 29.3 Å². The van der Waals surface area contributed by atoms with E-state index in [0.717, 1.165) is 6.34 Å². The Morgan fingerprint density at radius 1 is 1.83 bits per heavy atom. The molecule has 1 heterocycles. The van der Waals surface area contributed by atoms with E-state index in [4.69, 9.17) is 10.9 Å². The molecule has 1 rings (SSSR count). The highest BCUT2D eigenvalue weighted by molar-refractivity contribution is 7.12. The molecule has 0 radical (unpaired) electrons. The normalized spacial score (nSPS) is 10.4. The maximum atomic E-state index is 10.7. The maximum absolute atomic E-state index is 10.7. The first-order valence-electron chi connectivity index (χ1n) is 3.05. The van der Waals surface area contributed by atoms with Crippen LogP contribution in [0.5, 0.6) is 0 Å². The second-order valence-electron chi connectivity index (χ2n) is 1.89. The van der Waals surface area contributed by atoms with Gasteiger partial charge in [-0.3, -0.25) is 15.5 Å². The number of nitrogens with zero attached hydrogens (tertiary/aromatic N) is 1. The van der Waals surface area contributed by atoms with E-state index in [2.05, 4.69) is 4.99 Å². The summed E-state index contributed by atoms with van der Waals surface area (Å²) in [6.45, 7) is 0. The fourth-order valence-electron chi connectivity index (χ4n) is 0.687. The number of primary amides is 1. The number of hydrogen-bond donors (Lipinski definition) is 3. The van der Waals surface area contributed by atoms with Crippen molar-refractivity contribution in [3.05, 3.63) is 16.3 Å². The molecule has 0 spiro atoms. The van der Waals surface area contributed by atoms with E-state index in [9.17, 15) is 4.79 Å². The number of carbonyl (C=O) groups excluding carboxylic acids is 1. The van der Waals surface area contributed by atoms with Gasteiger partial charge in [0.2, 0.25) is 0 Å². The van der Waals surface area contributed by atoms with Crippen molar-refractivity contribution in [2.45, 2.75) is 0 Å². The lowest BCUT2D eigenvalue weighted by atomic mass is 10.4. The van der Waals surface area contributed by atoms with E-state index >= 15 is 0 Å². The quantitative estimate of drug-likeness (QED) is 0.363. The smallest absolute Gasteiger partial charge is 0.260 e. The third-order valence-corrected chi connectivity index (χ3v) is 2.05. The molecule has 4 N–H and O–H groups in total. The van der Waals surface area contributed by atoms with Gasteiger partial charge in [-0.15, -0.1) is 11.3 Å².